The molecule has 1 saturated heterocycles. The lowest BCUT2D eigenvalue weighted by Crippen LogP contribution is -1.97. The van der Waals surface area contributed by atoms with E-state index < -0.39 is 0 Å². The highest BCUT2D eigenvalue weighted by atomic mass is 16.6. The van der Waals surface area contributed by atoms with Crippen molar-refractivity contribution in [3.8, 4) is 0 Å². The molecule has 64 valence electrons. The van der Waals surface area contributed by atoms with E-state index in [4.69, 9.17) is 4.74 Å². The number of benzene rings is 1. The van der Waals surface area contributed by atoms with Gasteiger partial charge in [-0.25, -0.2) is 0 Å². The van der Waals surface area contributed by atoms with Crippen LogP contribution in [0.1, 0.15) is 18.1 Å². The van der Waals surface area contributed by atoms with Gasteiger partial charge in [0, 0.05) is 6.42 Å². The SMILES string of the molecule is CCc1ccccc1CC1CO1. The Hall–Kier alpha value is -0.820. The minimum atomic E-state index is 0.512. The van der Waals surface area contributed by atoms with Gasteiger partial charge in [-0.2, -0.15) is 0 Å². The van der Waals surface area contributed by atoms with E-state index in [2.05, 4.69) is 31.2 Å². The van der Waals surface area contributed by atoms with Crippen LogP contribution in [0.4, 0.5) is 0 Å². The van der Waals surface area contributed by atoms with Crippen molar-refractivity contribution < 1.29 is 4.74 Å². The maximum absolute atomic E-state index is 5.21. The van der Waals surface area contributed by atoms with E-state index in [0.717, 1.165) is 19.4 Å². The quantitative estimate of drug-likeness (QED) is 0.621. The molecule has 0 aliphatic carbocycles. The molecule has 1 aromatic rings. The van der Waals surface area contributed by atoms with Gasteiger partial charge in [0.05, 0.1) is 12.7 Å². The molecule has 1 aliphatic heterocycles. The van der Waals surface area contributed by atoms with E-state index in [1.807, 2.05) is 0 Å². The van der Waals surface area contributed by atoms with Crippen LogP contribution in [-0.2, 0) is 17.6 Å². The Bertz CT molecular complexity index is 263. The van der Waals surface area contributed by atoms with E-state index >= 15 is 0 Å². The first-order chi connectivity index (χ1) is 5.90. The second-order valence-electron chi connectivity index (χ2n) is 3.28. The van der Waals surface area contributed by atoms with Gasteiger partial charge in [-0.05, 0) is 17.5 Å². The molecule has 1 unspecified atom stereocenters. The van der Waals surface area contributed by atoms with E-state index in [-0.39, 0.29) is 0 Å². The summed E-state index contributed by atoms with van der Waals surface area (Å²) in [5, 5.41) is 0. The summed E-state index contributed by atoms with van der Waals surface area (Å²) in [6.45, 7) is 3.16. The molecule has 1 heterocycles. The molecule has 2 rings (SSSR count). The van der Waals surface area contributed by atoms with Gasteiger partial charge in [0.25, 0.3) is 0 Å². The first-order valence-corrected chi connectivity index (χ1v) is 4.58. The van der Waals surface area contributed by atoms with Gasteiger partial charge in [-0.1, -0.05) is 31.2 Å². The van der Waals surface area contributed by atoms with Crippen LogP contribution in [0.25, 0.3) is 0 Å². The molecule has 1 nitrogen and oxygen atoms in total. The maximum atomic E-state index is 5.21. The predicted octanol–water partition coefficient (Wildman–Crippen LogP) is 2.19. The lowest BCUT2D eigenvalue weighted by Gasteiger charge is -2.04. The minimum Gasteiger partial charge on any atom is -0.373 e. The summed E-state index contributed by atoms with van der Waals surface area (Å²) in [7, 11) is 0. The van der Waals surface area contributed by atoms with Crippen LogP contribution in [0.3, 0.4) is 0 Å². The van der Waals surface area contributed by atoms with Crippen LogP contribution >= 0.6 is 0 Å². The zero-order valence-corrected chi connectivity index (χ0v) is 7.42. The van der Waals surface area contributed by atoms with Gasteiger partial charge >= 0.3 is 0 Å². The fourth-order valence-corrected chi connectivity index (χ4v) is 1.53. The Morgan fingerprint density at radius 1 is 1.33 bits per heavy atom. The highest BCUT2D eigenvalue weighted by molar-refractivity contribution is 5.28. The first-order valence-electron chi connectivity index (χ1n) is 4.58. The van der Waals surface area contributed by atoms with Gasteiger partial charge in [-0.3, -0.25) is 0 Å². The fraction of sp³-hybridized carbons (Fsp3) is 0.455. The zero-order valence-electron chi connectivity index (χ0n) is 7.42. The Morgan fingerprint density at radius 3 is 2.58 bits per heavy atom. The third-order valence-electron chi connectivity index (χ3n) is 2.35. The fourth-order valence-electron chi connectivity index (χ4n) is 1.53. The van der Waals surface area contributed by atoms with Crippen molar-refractivity contribution in [2.24, 2.45) is 0 Å². The zero-order chi connectivity index (χ0) is 8.39. The molecule has 1 aromatic carbocycles. The molecule has 0 N–H and O–H groups in total. The summed E-state index contributed by atoms with van der Waals surface area (Å²) in [5.41, 5.74) is 2.93. The number of epoxide rings is 1. The molecule has 1 atom stereocenters. The molecular weight excluding hydrogens is 148 g/mol. The number of ether oxygens (including phenoxy) is 1. The Balaban J connectivity index is 2.15. The van der Waals surface area contributed by atoms with Crippen LogP contribution in [0.15, 0.2) is 24.3 Å². The Kier molecular flexibility index (Phi) is 2.13. The Morgan fingerprint density at radius 2 is 2.00 bits per heavy atom. The summed E-state index contributed by atoms with van der Waals surface area (Å²) >= 11 is 0. The molecule has 1 heteroatoms. The topological polar surface area (TPSA) is 12.5 Å². The summed E-state index contributed by atoms with van der Waals surface area (Å²) in [5.74, 6) is 0. The van der Waals surface area contributed by atoms with E-state index in [9.17, 15) is 0 Å². The van der Waals surface area contributed by atoms with Crippen molar-refractivity contribution in [2.75, 3.05) is 6.61 Å². The average molecular weight is 162 g/mol. The standard InChI is InChI=1S/C11H14O/c1-2-9-5-3-4-6-10(9)7-11-8-12-11/h3-6,11H,2,7-8H2,1H3. The van der Waals surface area contributed by atoms with E-state index in [1.165, 1.54) is 11.1 Å². The number of rotatable bonds is 3. The Labute approximate surface area is 73.4 Å². The lowest BCUT2D eigenvalue weighted by molar-refractivity contribution is 0.407. The molecule has 1 aliphatic rings. The number of aryl methyl sites for hydroxylation is 1. The van der Waals surface area contributed by atoms with Gasteiger partial charge in [0.2, 0.25) is 0 Å². The first kappa shape index (κ1) is 7.81. The second-order valence-corrected chi connectivity index (χ2v) is 3.28. The summed E-state index contributed by atoms with van der Waals surface area (Å²) < 4.78 is 5.21. The maximum Gasteiger partial charge on any atom is 0.0850 e. The van der Waals surface area contributed by atoms with Gasteiger partial charge in [0.1, 0.15) is 0 Å². The van der Waals surface area contributed by atoms with Gasteiger partial charge < -0.3 is 4.74 Å². The van der Waals surface area contributed by atoms with Crippen molar-refractivity contribution in [1.29, 1.82) is 0 Å². The van der Waals surface area contributed by atoms with Gasteiger partial charge in [0.15, 0.2) is 0 Å². The number of hydrogen-bond donors (Lipinski definition) is 0. The molecular formula is C11H14O. The highest BCUT2D eigenvalue weighted by Crippen LogP contribution is 2.19. The summed E-state index contributed by atoms with van der Waals surface area (Å²) in [6, 6.07) is 8.63. The molecule has 1 fully saturated rings. The van der Waals surface area contributed by atoms with E-state index in [1.54, 1.807) is 0 Å². The third-order valence-corrected chi connectivity index (χ3v) is 2.35. The van der Waals surface area contributed by atoms with Crippen LogP contribution in [0.5, 0.6) is 0 Å². The van der Waals surface area contributed by atoms with Crippen molar-refractivity contribution in [3.05, 3.63) is 35.4 Å². The molecule has 0 radical (unpaired) electrons. The van der Waals surface area contributed by atoms with Crippen molar-refractivity contribution in [2.45, 2.75) is 25.9 Å². The highest BCUT2D eigenvalue weighted by Gasteiger charge is 2.23. The average Bonchev–Trinajstić information content (AvgIpc) is 2.89. The van der Waals surface area contributed by atoms with Crippen LogP contribution in [0.2, 0.25) is 0 Å². The lowest BCUT2D eigenvalue weighted by atomic mass is 10.0. The summed E-state index contributed by atoms with van der Waals surface area (Å²) in [4.78, 5) is 0. The molecule has 0 amide bonds. The van der Waals surface area contributed by atoms with Crippen molar-refractivity contribution in [1.82, 2.24) is 0 Å². The smallest absolute Gasteiger partial charge is 0.0850 e. The predicted molar refractivity (Wildman–Crippen MR) is 49.3 cm³/mol. The monoisotopic (exact) mass is 162 g/mol. The van der Waals surface area contributed by atoms with Crippen LogP contribution in [-0.4, -0.2) is 12.7 Å². The molecule has 0 bridgehead atoms. The normalized spacial score (nSPS) is 20.9. The molecule has 12 heavy (non-hydrogen) atoms. The summed E-state index contributed by atoms with van der Waals surface area (Å²) in [6.07, 6.45) is 2.74. The minimum absolute atomic E-state index is 0.512. The van der Waals surface area contributed by atoms with Crippen LogP contribution < -0.4 is 0 Å². The van der Waals surface area contributed by atoms with Crippen molar-refractivity contribution in [3.63, 3.8) is 0 Å². The second kappa shape index (κ2) is 3.28. The van der Waals surface area contributed by atoms with Gasteiger partial charge in [-0.15, -0.1) is 0 Å². The van der Waals surface area contributed by atoms with Crippen molar-refractivity contribution >= 4 is 0 Å². The molecule has 0 saturated carbocycles. The largest absolute Gasteiger partial charge is 0.373 e. The molecule has 0 spiro atoms. The van der Waals surface area contributed by atoms with Crippen LogP contribution in [0, 0.1) is 0 Å². The van der Waals surface area contributed by atoms with E-state index in [0.29, 0.717) is 6.10 Å². The third kappa shape index (κ3) is 1.67. The number of hydrogen-bond acceptors (Lipinski definition) is 1. The molecule has 0 aromatic heterocycles.